The van der Waals surface area contributed by atoms with Crippen molar-refractivity contribution in [2.45, 2.75) is 9.79 Å². The standard InChI is InChI=1S/C14H11Cl2NO2S/c15-9-2-1-8(5-10(9)16)20-14-7-13-12(6-11(14)17)18-3-4-19-13/h1-2,5-7H,3-4,17H2. The lowest BCUT2D eigenvalue weighted by Crippen LogP contribution is -2.15. The zero-order chi connectivity index (χ0) is 14.1. The van der Waals surface area contributed by atoms with Gasteiger partial charge in [0.15, 0.2) is 11.5 Å². The van der Waals surface area contributed by atoms with Gasteiger partial charge < -0.3 is 15.2 Å². The predicted molar refractivity (Wildman–Crippen MR) is 82.4 cm³/mol. The Morgan fingerprint density at radius 3 is 2.35 bits per heavy atom. The normalized spacial score (nSPS) is 13.3. The van der Waals surface area contributed by atoms with Crippen LogP contribution >= 0.6 is 35.0 Å². The molecule has 0 amide bonds. The molecule has 2 aromatic rings. The topological polar surface area (TPSA) is 44.5 Å². The van der Waals surface area contributed by atoms with Gasteiger partial charge in [0, 0.05) is 27.6 Å². The maximum absolute atomic E-state index is 6.04. The van der Waals surface area contributed by atoms with Crippen molar-refractivity contribution in [2.24, 2.45) is 0 Å². The highest BCUT2D eigenvalue weighted by molar-refractivity contribution is 7.99. The van der Waals surface area contributed by atoms with Crippen LogP contribution in [-0.4, -0.2) is 13.2 Å². The Bertz CT molecular complexity index is 664. The monoisotopic (exact) mass is 327 g/mol. The molecule has 0 saturated heterocycles. The summed E-state index contributed by atoms with van der Waals surface area (Å²) < 4.78 is 11.1. The Kier molecular flexibility index (Phi) is 3.87. The van der Waals surface area contributed by atoms with Crippen molar-refractivity contribution in [3.8, 4) is 11.5 Å². The third-order valence-corrected chi connectivity index (χ3v) is 4.60. The van der Waals surface area contributed by atoms with Crippen molar-refractivity contribution < 1.29 is 9.47 Å². The molecule has 0 radical (unpaired) electrons. The van der Waals surface area contributed by atoms with Crippen molar-refractivity contribution >= 4 is 40.7 Å². The Labute approximate surface area is 131 Å². The molecule has 0 aliphatic carbocycles. The van der Waals surface area contributed by atoms with Crippen molar-refractivity contribution in [1.29, 1.82) is 0 Å². The smallest absolute Gasteiger partial charge is 0.163 e. The van der Waals surface area contributed by atoms with Gasteiger partial charge in [0.1, 0.15) is 13.2 Å². The molecule has 104 valence electrons. The molecule has 1 heterocycles. The number of hydrogen-bond donors (Lipinski definition) is 1. The molecule has 0 saturated carbocycles. The SMILES string of the molecule is Nc1cc2c(cc1Sc1ccc(Cl)c(Cl)c1)OCCO2. The fourth-order valence-corrected chi connectivity index (χ4v) is 3.11. The van der Waals surface area contributed by atoms with Gasteiger partial charge in [0.25, 0.3) is 0 Å². The van der Waals surface area contributed by atoms with Crippen LogP contribution in [0.5, 0.6) is 11.5 Å². The molecular formula is C14H11Cl2NO2S. The Hall–Kier alpha value is -1.23. The number of benzene rings is 2. The largest absolute Gasteiger partial charge is 0.486 e. The lowest BCUT2D eigenvalue weighted by molar-refractivity contribution is 0.171. The number of hydrogen-bond acceptors (Lipinski definition) is 4. The van der Waals surface area contributed by atoms with Gasteiger partial charge in [-0.15, -0.1) is 0 Å². The van der Waals surface area contributed by atoms with Gasteiger partial charge in [-0.1, -0.05) is 35.0 Å². The van der Waals surface area contributed by atoms with Crippen molar-refractivity contribution in [2.75, 3.05) is 18.9 Å². The van der Waals surface area contributed by atoms with Gasteiger partial charge in [-0.05, 0) is 18.2 Å². The summed E-state index contributed by atoms with van der Waals surface area (Å²) >= 11 is 13.4. The Morgan fingerprint density at radius 1 is 0.950 bits per heavy atom. The molecule has 0 fully saturated rings. The summed E-state index contributed by atoms with van der Waals surface area (Å²) in [4.78, 5) is 1.86. The second kappa shape index (κ2) is 5.64. The molecule has 0 aromatic heterocycles. The number of halogens is 2. The summed E-state index contributed by atoms with van der Waals surface area (Å²) in [5, 5.41) is 1.05. The van der Waals surface area contributed by atoms with Crippen LogP contribution < -0.4 is 15.2 Å². The molecule has 6 heteroatoms. The van der Waals surface area contributed by atoms with Gasteiger partial charge in [-0.25, -0.2) is 0 Å². The zero-order valence-corrected chi connectivity index (χ0v) is 12.7. The number of anilines is 1. The Balaban J connectivity index is 1.92. The summed E-state index contributed by atoms with van der Waals surface area (Å²) in [5.74, 6) is 1.40. The minimum Gasteiger partial charge on any atom is -0.486 e. The molecule has 3 nitrogen and oxygen atoms in total. The van der Waals surface area contributed by atoms with E-state index < -0.39 is 0 Å². The second-order valence-electron chi connectivity index (χ2n) is 4.21. The van der Waals surface area contributed by atoms with E-state index in [2.05, 4.69) is 0 Å². The lowest BCUT2D eigenvalue weighted by atomic mass is 10.2. The van der Waals surface area contributed by atoms with Crippen LogP contribution in [0.2, 0.25) is 10.0 Å². The average molecular weight is 328 g/mol. The maximum atomic E-state index is 6.04. The van der Waals surface area contributed by atoms with Gasteiger partial charge in [-0.2, -0.15) is 0 Å². The quantitative estimate of drug-likeness (QED) is 0.825. The van der Waals surface area contributed by atoms with Gasteiger partial charge in [0.2, 0.25) is 0 Å². The van der Waals surface area contributed by atoms with E-state index >= 15 is 0 Å². The highest BCUT2D eigenvalue weighted by Crippen LogP contribution is 2.41. The first kappa shape index (κ1) is 13.7. The molecule has 1 aliphatic heterocycles. The van der Waals surface area contributed by atoms with E-state index in [1.807, 2.05) is 18.2 Å². The predicted octanol–water partition coefficient (Wildman–Crippen LogP) is 4.50. The molecular weight excluding hydrogens is 317 g/mol. The number of ether oxygens (including phenoxy) is 2. The summed E-state index contributed by atoms with van der Waals surface area (Å²) in [6, 6.07) is 9.14. The second-order valence-corrected chi connectivity index (χ2v) is 6.14. The molecule has 0 unspecified atom stereocenters. The third kappa shape index (κ3) is 2.77. The van der Waals surface area contributed by atoms with E-state index in [4.69, 9.17) is 38.4 Å². The van der Waals surface area contributed by atoms with Crippen LogP contribution in [0.15, 0.2) is 40.1 Å². The summed E-state index contributed by atoms with van der Waals surface area (Å²) in [7, 11) is 0. The van der Waals surface area contributed by atoms with Crippen LogP contribution in [0.4, 0.5) is 5.69 Å². The van der Waals surface area contributed by atoms with Crippen LogP contribution in [0.25, 0.3) is 0 Å². The molecule has 0 spiro atoms. The van der Waals surface area contributed by atoms with Gasteiger partial charge in [-0.3, -0.25) is 0 Å². The summed E-state index contributed by atoms with van der Waals surface area (Å²) in [6.45, 7) is 1.10. The summed E-state index contributed by atoms with van der Waals surface area (Å²) in [5.41, 5.74) is 6.69. The first-order valence-corrected chi connectivity index (χ1v) is 7.53. The average Bonchev–Trinajstić information content (AvgIpc) is 2.44. The first-order valence-electron chi connectivity index (χ1n) is 5.95. The van der Waals surface area contributed by atoms with Gasteiger partial charge >= 0.3 is 0 Å². The van der Waals surface area contributed by atoms with Crippen LogP contribution in [0.3, 0.4) is 0 Å². The zero-order valence-electron chi connectivity index (χ0n) is 10.4. The first-order chi connectivity index (χ1) is 9.63. The van der Waals surface area contributed by atoms with Crippen molar-refractivity contribution in [3.63, 3.8) is 0 Å². The minimum atomic E-state index is 0.521. The molecule has 3 rings (SSSR count). The number of nitrogens with two attached hydrogens (primary N) is 1. The van der Waals surface area contributed by atoms with Crippen LogP contribution in [-0.2, 0) is 0 Å². The highest BCUT2D eigenvalue weighted by atomic mass is 35.5. The Morgan fingerprint density at radius 2 is 1.65 bits per heavy atom. The van der Waals surface area contributed by atoms with Gasteiger partial charge in [0.05, 0.1) is 10.0 Å². The van der Waals surface area contributed by atoms with Crippen molar-refractivity contribution in [1.82, 2.24) is 0 Å². The maximum Gasteiger partial charge on any atom is 0.163 e. The van der Waals surface area contributed by atoms with E-state index in [1.54, 1.807) is 12.1 Å². The molecule has 2 N–H and O–H groups in total. The van der Waals surface area contributed by atoms with Crippen molar-refractivity contribution in [3.05, 3.63) is 40.4 Å². The fourth-order valence-electron chi connectivity index (χ4n) is 1.84. The molecule has 1 aliphatic rings. The third-order valence-electron chi connectivity index (χ3n) is 2.79. The van der Waals surface area contributed by atoms with Crippen LogP contribution in [0, 0.1) is 0 Å². The van der Waals surface area contributed by atoms with E-state index in [0.29, 0.717) is 40.4 Å². The molecule has 20 heavy (non-hydrogen) atoms. The minimum absolute atomic E-state index is 0.521. The summed E-state index contributed by atoms with van der Waals surface area (Å²) in [6.07, 6.45) is 0. The number of fused-ring (bicyclic) bond motifs is 1. The molecule has 0 bridgehead atoms. The number of rotatable bonds is 2. The fraction of sp³-hybridized carbons (Fsp3) is 0.143. The van der Waals surface area contributed by atoms with E-state index in [0.717, 1.165) is 9.79 Å². The van der Waals surface area contributed by atoms with E-state index in [-0.39, 0.29) is 0 Å². The number of nitrogen functional groups attached to an aromatic ring is 1. The van der Waals surface area contributed by atoms with E-state index in [9.17, 15) is 0 Å². The lowest BCUT2D eigenvalue weighted by Gasteiger charge is -2.20. The van der Waals surface area contributed by atoms with Crippen LogP contribution in [0.1, 0.15) is 0 Å². The van der Waals surface area contributed by atoms with E-state index in [1.165, 1.54) is 11.8 Å². The molecule has 2 aromatic carbocycles. The molecule has 0 atom stereocenters. The highest BCUT2D eigenvalue weighted by Gasteiger charge is 2.15.